The Morgan fingerprint density at radius 1 is 1.43 bits per heavy atom. The number of likely N-dealkylation sites (N-methyl/N-ethyl adjacent to an activating group) is 1. The van der Waals surface area contributed by atoms with Crippen LogP contribution in [0.1, 0.15) is 32.6 Å². The van der Waals surface area contributed by atoms with Crippen LogP contribution >= 0.6 is 0 Å². The molecule has 0 aromatic carbocycles. The molecule has 0 saturated heterocycles. The third kappa shape index (κ3) is 5.94. The van der Waals surface area contributed by atoms with Gasteiger partial charge in [0.1, 0.15) is 6.61 Å². The average Bonchev–Trinajstić information content (AvgIpc) is 2.22. The van der Waals surface area contributed by atoms with E-state index in [2.05, 4.69) is 0 Å². The lowest BCUT2D eigenvalue weighted by molar-refractivity contribution is -0.132. The van der Waals surface area contributed by atoms with E-state index in [-0.39, 0.29) is 12.0 Å². The summed E-state index contributed by atoms with van der Waals surface area (Å²) in [6.45, 7) is 2.18. The lowest BCUT2D eigenvalue weighted by Gasteiger charge is -2.15. The largest absolute Gasteiger partial charge is 0.393 e. The van der Waals surface area contributed by atoms with Crippen molar-refractivity contribution in [3.63, 3.8) is 0 Å². The predicted octanol–water partition coefficient (Wildman–Crippen LogP) is 0.378. The minimum Gasteiger partial charge on any atom is -0.393 e. The highest BCUT2D eigenvalue weighted by atomic mass is 16.3. The van der Waals surface area contributed by atoms with Crippen molar-refractivity contribution in [2.45, 2.75) is 38.7 Å². The van der Waals surface area contributed by atoms with E-state index in [1.165, 1.54) is 4.90 Å². The van der Waals surface area contributed by atoms with E-state index in [9.17, 15) is 9.90 Å². The van der Waals surface area contributed by atoms with Crippen LogP contribution in [0.2, 0.25) is 0 Å². The van der Waals surface area contributed by atoms with Crippen molar-refractivity contribution in [2.75, 3.05) is 20.2 Å². The second kappa shape index (κ2) is 7.76. The molecular formula is C10H21NO3. The summed E-state index contributed by atoms with van der Waals surface area (Å²) in [5, 5.41) is 17.8. The number of rotatable bonds is 7. The van der Waals surface area contributed by atoms with Crippen molar-refractivity contribution in [2.24, 2.45) is 0 Å². The van der Waals surface area contributed by atoms with Gasteiger partial charge in [-0.15, -0.1) is 0 Å². The van der Waals surface area contributed by atoms with Crippen LogP contribution in [-0.4, -0.2) is 47.3 Å². The van der Waals surface area contributed by atoms with Crippen LogP contribution in [0.4, 0.5) is 0 Å². The molecule has 0 heterocycles. The lowest BCUT2D eigenvalue weighted by Crippen LogP contribution is -2.30. The fraction of sp³-hybridized carbons (Fsp3) is 0.900. The van der Waals surface area contributed by atoms with Crippen LogP contribution in [0.15, 0.2) is 0 Å². The molecule has 0 radical (unpaired) electrons. The second-order valence-corrected chi connectivity index (χ2v) is 3.53. The Bertz CT molecular complexity index is 161. The average molecular weight is 203 g/mol. The third-order valence-electron chi connectivity index (χ3n) is 2.31. The van der Waals surface area contributed by atoms with Crippen molar-refractivity contribution < 1.29 is 15.0 Å². The molecule has 1 unspecified atom stereocenters. The number of carbonyl (C=O) groups excluding carboxylic acids is 1. The molecule has 1 amide bonds. The number of aliphatic hydroxyl groups is 2. The fourth-order valence-electron chi connectivity index (χ4n) is 1.18. The summed E-state index contributed by atoms with van der Waals surface area (Å²) < 4.78 is 0. The molecule has 0 aliphatic rings. The first-order valence-electron chi connectivity index (χ1n) is 5.14. The minimum atomic E-state index is -0.423. The van der Waals surface area contributed by atoms with Gasteiger partial charge in [-0.2, -0.15) is 0 Å². The van der Waals surface area contributed by atoms with Crippen molar-refractivity contribution in [1.82, 2.24) is 4.90 Å². The van der Waals surface area contributed by atoms with Gasteiger partial charge in [0.15, 0.2) is 0 Å². The number of nitrogens with zero attached hydrogens (tertiary/aromatic N) is 1. The SMILES string of the molecule is CCC(O)CCCCN(C)C(=O)CO. The Balaban J connectivity index is 3.40. The van der Waals surface area contributed by atoms with Crippen molar-refractivity contribution in [3.05, 3.63) is 0 Å². The Morgan fingerprint density at radius 3 is 2.57 bits per heavy atom. The predicted molar refractivity (Wildman–Crippen MR) is 54.9 cm³/mol. The van der Waals surface area contributed by atoms with Gasteiger partial charge in [-0.25, -0.2) is 0 Å². The standard InChI is InChI=1S/C10H21NO3/c1-3-9(13)6-4-5-7-11(2)10(14)8-12/h9,12-13H,3-8H2,1-2H3. The normalized spacial score (nSPS) is 12.6. The smallest absolute Gasteiger partial charge is 0.248 e. The first-order valence-corrected chi connectivity index (χ1v) is 5.14. The second-order valence-electron chi connectivity index (χ2n) is 3.53. The zero-order valence-corrected chi connectivity index (χ0v) is 9.07. The Labute approximate surface area is 85.5 Å². The quantitative estimate of drug-likeness (QED) is 0.588. The molecule has 0 rings (SSSR count). The van der Waals surface area contributed by atoms with Gasteiger partial charge in [0, 0.05) is 13.6 Å². The van der Waals surface area contributed by atoms with Gasteiger partial charge < -0.3 is 15.1 Å². The first-order chi connectivity index (χ1) is 6.61. The van der Waals surface area contributed by atoms with E-state index >= 15 is 0 Å². The van der Waals surface area contributed by atoms with Gasteiger partial charge >= 0.3 is 0 Å². The Morgan fingerprint density at radius 2 is 2.07 bits per heavy atom. The summed E-state index contributed by atoms with van der Waals surface area (Å²) in [6, 6.07) is 0. The molecule has 0 bridgehead atoms. The molecule has 0 aliphatic heterocycles. The van der Waals surface area contributed by atoms with Crippen molar-refractivity contribution >= 4 is 5.91 Å². The third-order valence-corrected chi connectivity index (χ3v) is 2.31. The van der Waals surface area contributed by atoms with E-state index in [1.807, 2.05) is 6.92 Å². The maximum atomic E-state index is 10.9. The maximum absolute atomic E-state index is 10.9. The van der Waals surface area contributed by atoms with Crippen LogP contribution in [0.5, 0.6) is 0 Å². The number of carbonyl (C=O) groups is 1. The van der Waals surface area contributed by atoms with Gasteiger partial charge in [-0.3, -0.25) is 4.79 Å². The minimum absolute atomic E-state index is 0.214. The van der Waals surface area contributed by atoms with E-state index in [0.717, 1.165) is 25.7 Å². The topological polar surface area (TPSA) is 60.8 Å². The number of hydrogen-bond acceptors (Lipinski definition) is 3. The molecule has 4 heteroatoms. The van der Waals surface area contributed by atoms with E-state index < -0.39 is 6.61 Å². The fourth-order valence-corrected chi connectivity index (χ4v) is 1.18. The number of amides is 1. The summed E-state index contributed by atoms with van der Waals surface area (Å²) >= 11 is 0. The summed E-state index contributed by atoms with van der Waals surface area (Å²) in [5.74, 6) is -0.249. The van der Waals surface area contributed by atoms with Crippen LogP contribution in [0.25, 0.3) is 0 Å². The molecule has 0 fully saturated rings. The van der Waals surface area contributed by atoms with Gasteiger partial charge in [0.25, 0.3) is 0 Å². The molecule has 0 aromatic rings. The monoisotopic (exact) mass is 203 g/mol. The van der Waals surface area contributed by atoms with Crippen molar-refractivity contribution in [3.8, 4) is 0 Å². The Hall–Kier alpha value is -0.610. The van der Waals surface area contributed by atoms with Crippen LogP contribution in [0, 0.1) is 0 Å². The summed E-state index contributed by atoms with van der Waals surface area (Å²) in [7, 11) is 1.68. The van der Waals surface area contributed by atoms with Crippen LogP contribution in [-0.2, 0) is 4.79 Å². The highest BCUT2D eigenvalue weighted by molar-refractivity contribution is 5.76. The summed E-state index contributed by atoms with van der Waals surface area (Å²) in [5.41, 5.74) is 0. The number of unbranched alkanes of at least 4 members (excludes halogenated alkanes) is 1. The van der Waals surface area contributed by atoms with E-state index in [1.54, 1.807) is 7.05 Å². The van der Waals surface area contributed by atoms with Gasteiger partial charge in [-0.1, -0.05) is 6.92 Å². The summed E-state index contributed by atoms with van der Waals surface area (Å²) in [4.78, 5) is 12.4. The van der Waals surface area contributed by atoms with Crippen molar-refractivity contribution in [1.29, 1.82) is 0 Å². The lowest BCUT2D eigenvalue weighted by atomic mass is 10.1. The molecule has 0 spiro atoms. The van der Waals surface area contributed by atoms with Gasteiger partial charge in [0.05, 0.1) is 6.10 Å². The van der Waals surface area contributed by atoms with Crippen LogP contribution < -0.4 is 0 Å². The Kier molecular flexibility index (Phi) is 7.42. The highest BCUT2D eigenvalue weighted by Crippen LogP contribution is 2.04. The number of hydrogen-bond donors (Lipinski definition) is 2. The van der Waals surface area contributed by atoms with Gasteiger partial charge in [-0.05, 0) is 25.7 Å². The molecule has 0 aromatic heterocycles. The molecule has 0 aliphatic carbocycles. The number of aliphatic hydroxyl groups excluding tert-OH is 2. The molecular weight excluding hydrogens is 182 g/mol. The van der Waals surface area contributed by atoms with E-state index in [0.29, 0.717) is 6.54 Å². The summed E-state index contributed by atoms with van der Waals surface area (Å²) in [6.07, 6.45) is 3.15. The zero-order valence-electron chi connectivity index (χ0n) is 9.07. The molecule has 1 atom stereocenters. The molecule has 84 valence electrons. The highest BCUT2D eigenvalue weighted by Gasteiger charge is 2.06. The first kappa shape index (κ1) is 13.4. The zero-order chi connectivity index (χ0) is 11.0. The van der Waals surface area contributed by atoms with Gasteiger partial charge in [0.2, 0.25) is 5.91 Å². The molecule has 4 nitrogen and oxygen atoms in total. The van der Waals surface area contributed by atoms with E-state index in [4.69, 9.17) is 5.11 Å². The molecule has 0 saturated carbocycles. The van der Waals surface area contributed by atoms with Crippen LogP contribution in [0.3, 0.4) is 0 Å². The molecule has 14 heavy (non-hydrogen) atoms. The molecule has 2 N–H and O–H groups in total. The maximum Gasteiger partial charge on any atom is 0.248 e.